The highest BCUT2D eigenvalue weighted by atomic mass is 35.5. The largest absolute Gasteiger partial charge is 0.495 e. The SMILES string of the molecule is COc1cc(OC)c(NC(=O)c2ccc(N3C[C@H]4C[C@@H](C3)c3cccc(=O)n3C4)c(NC(=O)c3cc(OC)c(OC)c(OC)c3)c2)cc1Cl. The molecule has 2 atom stereocenters. The lowest BCUT2D eigenvalue weighted by molar-refractivity contribution is 0.101. The van der Waals surface area contributed by atoms with E-state index in [0.29, 0.717) is 64.8 Å². The number of methoxy groups -OCH3 is 5. The molecule has 0 unspecified atom stereocenters. The van der Waals surface area contributed by atoms with Gasteiger partial charge in [0.2, 0.25) is 5.75 Å². The van der Waals surface area contributed by atoms with E-state index in [1.807, 2.05) is 16.7 Å². The van der Waals surface area contributed by atoms with Gasteiger partial charge in [0, 0.05) is 54.5 Å². The van der Waals surface area contributed by atoms with Gasteiger partial charge in [-0.3, -0.25) is 14.4 Å². The highest BCUT2D eigenvalue weighted by Crippen LogP contribution is 2.42. The third kappa shape index (κ3) is 6.56. The molecule has 3 aromatic carbocycles. The van der Waals surface area contributed by atoms with Crippen LogP contribution in [0.15, 0.2) is 65.5 Å². The number of carbonyl (C=O) groups excluding carboxylic acids is 2. The zero-order valence-corrected chi connectivity index (χ0v) is 28.6. The van der Waals surface area contributed by atoms with Crippen LogP contribution in [0.5, 0.6) is 28.7 Å². The Balaban J connectivity index is 1.37. The summed E-state index contributed by atoms with van der Waals surface area (Å²) in [6, 6.07) is 16.8. The summed E-state index contributed by atoms with van der Waals surface area (Å²) in [6.45, 7) is 1.90. The highest BCUT2D eigenvalue weighted by Gasteiger charge is 2.35. The van der Waals surface area contributed by atoms with E-state index in [4.69, 9.17) is 35.3 Å². The molecule has 0 radical (unpaired) electrons. The minimum atomic E-state index is -0.448. The number of benzene rings is 3. The summed E-state index contributed by atoms with van der Waals surface area (Å²) in [5.41, 5.74) is 3.07. The maximum atomic E-state index is 13.9. The van der Waals surface area contributed by atoms with Gasteiger partial charge in [0.05, 0.1) is 57.6 Å². The van der Waals surface area contributed by atoms with E-state index in [2.05, 4.69) is 15.5 Å². The Morgan fingerprint density at radius 2 is 1.39 bits per heavy atom. The zero-order valence-electron chi connectivity index (χ0n) is 27.8. The van der Waals surface area contributed by atoms with Crippen molar-refractivity contribution in [2.24, 2.45) is 5.92 Å². The summed E-state index contributed by atoms with van der Waals surface area (Å²) in [5, 5.41) is 6.19. The molecule has 2 amide bonds. The van der Waals surface area contributed by atoms with E-state index in [1.165, 1.54) is 35.5 Å². The van der Waals surface area contributed by atoms with Crippen LogP contribution in [0, 0.1) is 5.92 Å². The number of piperidine rings is 1. The average molecular weight is 689 g/mol. The topological polar surface area (TPSA) is 130 Å². The standard InChI is InChI=1S/C36H37ClN4O8/c1-45-29-16-30(46-2)26(15-24(29)37)39-35(43)21-9-10-28(40-17-20-11-23(19-40)27-7-6-8-33(42)41(27)18-20)25(12-21)38-36(44)22-13-31(47-3)34(49-5)32(14-22)48-4/h6-10,12-16,20,23H,11,17-19H2,1-5H3,(H,38,44)(H,39,43)/t20-,23+/m1/s1. The number of aromatic nitrogens is 1. The van der Waals surface area contributed by atoms with Gasteiger partial charge in [-0.15, -0.1) is 0 Å². The number of anilines is 3. The van der Waals surface area contributed by atoms with Gasteiger partial charge in [-0.1, -0.05) is 17.7 Å². The third-order valence-electron chi connectivity index (χ3n) is 8.98. The highest BCUT2D eigenvalue weighted by molar-refractivity contribution is 6.32. The second kappa shape index (κ2) is 14.0. The van der Waals surface area contributed by atoms with Crippen LogP contribution in [0.2, 0.25) is 5.02 Å². The minimum Gasteiger partial charge on any atom is -0.495 e. The van der Waals surface area contributed by atoms with Crippen LogP contribution < -0.4 is 44.8 Å². The quantitative estimate of drug-likeness (QED) is 0.216. The van der Waals surface area contributed by atoms with Crippen molar-refractivity contribution in [1.82, 2.24) is 4.57 Å². The predicted molar refractivity (Wildman–Crippen MR) is 187 cm³/mol. The van der Waals surface area contributed by atoms with Crippen LogP contribution in [0.4, 0.5) is 17.1 Å². The van der Waals surface area contributed by atoms with Gasteiger partial charge in [0.1, 0.15) is 11.5 Å². The number of nitrogens with one attached hydrogen (secondary N) is 2. The maximum Gasteiger partial charge on any atom is 0.255 e. The van der Waals surface area contributed by atoms with Crippen LogP contribution >= 0.6 is 11.6 Å². The van der Waals surface area contributed by atoms with Gasteiger partial charge in [-0.25, -0.2) is 0 Å². The van der Waals surface area contributed by atoms with E-state index < -0.39 is 11.8 Å². The van der Waals surface area contributed by atoms with Crippen molar-refractivity contribution in [3.8, 4) is 28.7 Å². The molecule has 0 aliphatic carbocycles. The molecule has 0 saturated carbocycles. The van der Waals surface area contributed by atoms with Gasteiger partial charge in [-0.2, -0.15) is 0 Å². The van der Waals surface area contributed by atoms with Crippen molar-refractivity contribution >= 4 is 40.5 Å². The molecule has 3 heterocycles. The number of amides is 2. The van der Waals surface area contributed by atoms with E-state index in [1.54, 1.807) is 48.5 Å². The fourth-order valence-electron chi connectivity index (χ4n) is 6.71. The molecule has 12 nitrogen and oxygen atoms in total. The Kier molecular flexibility index (Phi) is 9.59. The summed E-state index contributed by atoms with van der Waals surface area (Å²) in [6.07, 6.45) is 0.958. The molecule has 1 fully saturated rings. The Morgan fingerprint density at radius 3 is 2.06 bits per heavy atom. The minimum absolute atomic E-state index is 0.00379. The Bertz CT molecular complexity index is 1950. The molecule has 49 heavy (non-hydrogen) atoms. The summed E-state index contributed by atoms with van der Waals surface area (Å²) in [5.74, 6) is 1.21. The van der Waals surface area contributed by atoms with Crippen molar-refractivity contribution in [2.75, 3.05) is 64.2 Å². The van der Waals surface area contributed by atoms with Gasteiger partial charge in [0.25, 0.3) is 17.4 Å². The van der Waals surface area contributed by atoms with Gasteiger partial charge < -0.3 is 43.8 Å². The summed E-state index contributed by atoms with van der Waals surface area (Å²) in [7, 11) is 7.41. The third-order valence-corrected chi connectivity index (χ3v) is 9.27. The number of fused-ring (bicyclic) bond motifs is 4. The molecule has 1 aromatic heterocycles. The first-order chi connectivity index (χ1) is 23.7. The lowest BCUT2D eigenvalue weighted by atomic mass is 9.83. The molecule has 2 bridgehead atoms. The Hall–Kier alpha value is -5.36. The van der Waals surface area contributed by atoms with Crippen LogP contribution in [-0.2, 0) is 6.54 Å². The van der Waals surface area contributed by atoms with E-state index >= 15 is 0 Å². The number of halogens is 1. The molecule has 13 heteroatoms. The number of hydrogen-bond acceptors (Lipinski definition) is 9. The van der Waals surface area contributed by atoms with E-state index in [0.717, 1.165) is 17.8 Å². The lowest BCUT2D eigenvalue weighted by Crippen LogP contribution is -2.47. The molecule has 4 aromatic rings. The molecule has 0 spiro atoms. The van der Waals surface area contributed by atoms with E-state index in [-0.39, 0.29) is 28.5 Å². The van der Waals surface area contributed by atoms with Gasteiger partial charge >= 0.3 is 0 Å². The number of carbonyl (C=O) groups is 2. The monoisotopic (exact) mass is 688 g/mol. The van der Waals surface area contributed by atoms with Crippen LogP contribution in [0.1, 0.15) is 38.7 Å². The second-order valence-corrected chi connectivity index (χ2v) is 12.3. The van der Waals surface area contributed by atoms with Crippen molar-refractivity contribution < 1.29 is 33.3 Å². The summed E-state index contributed by atoms with van der Waals surface area (Å²) >= 11 is 6.35. The molecule has 2 aliphatic rings. The number of nitrogens with zero attached hydrogens (tertiary/aromatic N) is 2. The fraction of sp³-hybridized carbons (Fsp3) is 0.306. The summed E-state index contributed by atoms with van der Waals surface area (Å²) in [4.78, 5) is 42.4. The fourth-order valence-corrected chi connectivity index (χ4v) is 6.95. The van der Waals surface area contributed by atoms with Crippen molar-refractivity contribution in [1.29, 1.82) is 0 Å². The Labute approximate surface area is 288 Å². The molecular weight excluding hydrogens is 652 g/mol. The smallest absolute Gasteiger partial charge is 0.255 e. The molecule has 2 N–H and O–H groups in total. The van der Waals surface area contributed by atoms with Gasteiger partial charge in [-0.05, 0) is 54.8 Å². The van der Waals surface area contributed by atoms with Crippen molar-refractivity contribution in [3.05, 3.63) is 92.9 Å². The first kappa shape index (κ1) is 33.5. The number of hydrogen-bond donors (Lipinski definition) is 2. The van der Waals surface area contributed by atoms with Gasteiger partial charge in [0.15, 0.2) is 11.5 Å². The predicted octanol–water partition coefficient (Wildman–Crippen LogP) is 5.67. The molecule has 2 aliphatic heterocycles. The lowest BCUT2D eigenvalue weighted by Gasteiger charge is -2.44. The Morgan fingerprint density at radius 1 is 0.714 bits per heavy atom. The number of ether oxygens (including phenoxy) is 5. The molecule has 1 saturated heterocycles. The number of pyridine rings is 1. The summed E-state index contributed by atoms with van der Waals surface area (Å²) < 4.78 is 29.0. The van der Waals surface area contributed by atoms with Crippen LogP contribution in [0.25, 0.3) is 0 Å². The zero-order chi connectivity index (χ0) is 34.8. The van der Waals surface area contributed by atoms with Crippen molar-refractivity contribution in [3.63, 3.8) is 0 Å². The first-order valence-corrected chi connectivity index (χ1v) is 16.0. The molecule has 256 valence electrons. The normalized spacial score (nSPS) is 16.2. The van der Waals surface area contributed by atoms with E-state index in [9.17, 15) is 14.4 Å². The molecule has 6 rings (SSSR count). The van der Waals surface area contributed by atoms with Crippen molar-refractivity contribution in [2.45, 2.75) is 18.9 Å². The molecular formula is C36H37ClN4O8. The number of rotatable bonds is 10. The first-order valence-electron chi connectivity index (χ1n) is 15.6. The van der Waals surface area contributed by atoms with Crippen LogP contribution in [-0.4, -0.2) is 65.0 Å². The maximum absolute atomic E-state index is 13.9. The second-order valence-electron chi connectivity index (χ2n) is 11.8. The van der Waals surface area contributed by atoms with Crippen LogP contribution in [0.3, 0.4) is 0 Å². The average Bonchev–Trinajstić information content (AvgIpc) is 3.11.